The summed E-state index contributed by atoms with van der Waals surface area (Å²) in [6, 6.07) is 0. The van der Waals surface area contributed by atoms with Gasteiger partial charge in [-0.05, 0) is 25.7 Å². The maximum Gasteiger partial charge on any atom is 0.267 e. The fraction of sp³-hybridized carbons (Fsp3) is 1.00. The number of aliphatic hydroxyl groups excluding tert-OH is 1. The lowest BCUT2D eigenvalue weighted by Gasteiger charge is -2.16. The van der Waals surface area contributed by atoms with Crippen molar-refractivity contribution in [2.45, 2.75) is 134 Å². The summed E-state index contributed by atoms with van der Waals surface area (Å²) in [7, 11) is -4.01. The number of hydrogen-bond donors (Lipinski definition) is 2. The zero-order valence-corrected chi connectivity index (χ0v) is 18.1. The second-order valence-electron chi connectivity index (χ2n) is 7.83. The van der Waals surface area contributed by atoms with Crippen LogP contribution in [0.1, 0.15) is 123 Å². The Morgan fingerprint density at radius 3 is 1.50 bits per heavy atom. The highest BCUT2D eigenvalue weighted by atomic mass is 32.2. The maximum atomic E-state index is 11.6. The van der Waals surface area contributed by atoms with Crippen molar-refractivity contribution in [1.29, 1.82) is 0 Å². The Labute approximate surface area is 162 Å². The highest BCUT2D eigenvalue weighted by Crippen LogP contribution is 2.19. The van der Waals surface area contributed by atoms with Gasteiger partial charge in [0.25, 0.3) is 10.1 Å². The summed E-state index contributed by atoms with van der Waals surface area (Å²) in [5.74, 6) is 0. The van der Waals surface area contributed by atoms with E-state index in [1.54, 1.807) is 0 Å². The first-order valence-corrected chi connectivity index (χ1v) is 12.6. The lowest BCUT2D eigenvalue weighted by molar-refractivity contribution is 0.147. The van der Waals surface area contributed by atoms with Crippen molar-refractivity contribution in [2.75, 3.05) is 0 Å². The zero-order valence-electron chi connectivity index (χ0n) is 17.3. The van der Waals surface area contributed by atoms with Crippen LogP contribution in [0, 0.1) is 0 Å². The third-order valence-electron chi connectivity index (χ3n) is 5.26. The molecular weight excluding hydrogens is 348 g/mol. The van der Waals surface area contributed by atoms with Crippen LogP contribution in [-0.4, -0.2) is 29.4 Å². The van der Waals surface area contributed by atoms with Crippen molar-refractivity contribution >= 4 is 10.1 Å². The van der Waals surface area contributed by atoms with Crippen molar-refractivity contribution in [2.24, 2.45) is 0 Å². The van der Waals surface area contributed by atoms with Crippen LogP contribution in [0.2, 0.25) is 0 Å². The minimum absolute atomic E-state index is 0.367. The molecular formula is C21H44O4S. The van der Waals surface area contributed by atoms with Gasteiger partial charge < -0.3 is 5.11 Å². The molecule has 0 amide bonds. The highest BCUT2D eigenvalue weighted by Gasteiger charge is 2.23. The van der Waals surface area contributed by atoms with E-state index < -0.39 is 21.5 Å². The molecule has 0 fully saturated rings. The summed E-state index contributed by atoms with van der Waals surface area (Å²) in [6.45, 7) is 4.38. The molecule has 26 heavy (non-hydrogen) atoms. The normalized spacial score (nSPS) is 14.5. The molecule has 0 aliphatic heterocycles. The lowest BCUT2D eigenvalue weighted by Crippen LogP contribution is -2.22. The summed E-state index contributed by atoms with van der Waals surface area (Å²) >= 11 is 0. The van der Waals surface area contributed by atoms with E-state index in [-0.39, 0.29) is 0 Å². The Morgan fingerprint density at radius 2 is 1.04 bits per heavy atom. The number of rotatable bonds is 19. The molecule has 0 saturated carbocycles. The first-order valence-electron chi connectivity index (χ1n) is 11.1. The van der Waals surface area contributed by atoms with Gasteiger partial charge in [0, 0.05) is 0 Å². The fourth-order valence-corrected chi connectivity index (χ4v) is 4.35. The van der Waals surface area contributed by atoms with Crippen molar-refractivity contribution in [3.8, 4) is 0 Å². The topological polar surface area (TPSA) is 74.6 Å². The van der Waals surface area contributed by atoms with Crippen LogP contribution in [-0.2, 0) is 10.1 Å². The minimum Gasteiger partial charge on any atom is -0.393 e. The Bertz CT molecular complexity index is 395. The van der Waals surface area contributed by atoms with Gasteiger partial charge in [-0.3, -0.25) is 4.55 Å². The third-order valence-corrected chi connectivity index (χ3v) is 6.58. The van der Waals surface area contributed by atoms with Crippen LogP contribution in [0.15, 0.2) is 0 Å². The van der Waals surface area contributed by atoms with Crippen LogP contribution in [0.5, 0.6) is 0 Å². The predicted molar refractivity (Wildman–Crippen MR) is 111 cm³/mol. The summed E-state index contributed by atoms with van der Waals surface area (Å²) in [5.41, 5.74) is 0. The first-order chi connectivity index (χ1) is 12.4. The second-order valence-corrected chi connectivity index (χ2v) is 9.53. The molecule has 0 heterocycles. The van der Waals surface area contributed by atoms with Crippen molar-refractivity contribution in [3.05, 3.63) is 0 Å². The lowest BCUT2D eigenvalue weighted by atomic mass is 10.0. The molecule has 2 unspecified atom stereocenters. The molecule has 0 saturated heterocycles. The fourth-order valence-electron chi connectivity index (χ4n) is 3.45. The smallest absolute Gasteiger partial charge is 0.267 e. The van der Waals surface area contributed by atoms with Crippen LogP contribution in [0.4, 0.5) is 0 Å². The molecule has 0 aromatic heterocycles. The quantitative estimate of drug-likeness (QED) is 0.200. The van der Waals surface area contributed by atoms with Crippen molar-refractivity contribution < 1.29 is 18.1 Å². The molecule has 0 spiro atoms. The standard InChI is InChI=1S/C21H44O4S/c1-3-5-7-9-11-12-14-16-20(22)18-19-21(26(23,24)25)17-15-13-10-8-6-4-2/h20-22H,3-19H2,1-2H3,(H,23,24,25). The summed E-state index contributed by atoms with van der Waals surface area (Å²) < 4.78 is 32.6. The van der Waals surface area contributed by atoms with E-state index >= 15 is 0 Å². The average Bonchev–Trinajstić information content (AvgIpc) is 2.58. The molecule has 0 radical (unpaired) electrons. The largest absolute Gasteiger partial charge is 0.393 e. The van der Waals surface area contributed by atoms with Gasteiger partial charge in [-0.25, -0.2) is 0 Å². The molecule has 0 aromatic carbocycles. The molecule has 0 aliphatic carbocycles. The second kappa shape index (κ2) is 17.0. The van der Waals surface area contributed by atoms with Crippen LogP contribution in [0.25, 0.3) is 0 Å². The van der Waals surface area contributed by atoms with E-state index in [1.165, 1.54) is 51.4 Å². The van der Waals surface area contributed by atoms with Gasteiger partial charge in [-0.2, -0.15) is 8.42 Å². The molecule has 5 heteroatoms. The van der Waals surface area contributed by atoms with Gasteiger partial charge in [-0.1, -0.05) is 97.3 Å². The Morgan fingerprint density at radius 1 is 0.615 bits per heavy atom. The van der Waals surface area contributed by atoms with Crippen LogP contribution < -0.4 is 0 Å². The molecule has 4 nitrogen and oxygen atoms in total. The Kier molecular flexibility index (Phi) is 16.9. The van der Waals surface area contributed by atoms with Gasteiger partial charge >= 0.3 is 0 Å². The Hall–Kier alpha value is -0.130. The SMILES string of the molecule is CCCCCCCCCC(O)CCC(CCCCCCCC)S(=O)(=O)O. The first kappa shape index (κ1) is 25.9. The van der Waals surface area contributed by atoms with E-state index in [9.17, 15) is 18.1 Å². The molecule has 0 aliphatic rings. The summed E-state index contributed by atoms with van der Waals surface area (Å²) in [4.78, 5) is 0. The number of unbranched alkanes of at least 4 members (excludes halogenated alkanes) is 11. The minimum atomic E-state index is -4.01. The van der Waals surface area contributed by atoms with Gasteiger partial charge in [0.1, 0.15) is 0 Å². The van der Waals surface area contributed by atoms with Crippen molar-refractivity contribution in [3.63, 3.8) is 0 Å². The van der Waals surface area contributed by atoms with Crippen LogP contribution in [0.3, 0.4) is 0 Å². The van der Waals surface area contributed by atoms with Gasteiger partial charge in [-0.15, -0.1) is 0 Å². The van der Waals surface area contributed by atoms with Crippen LogP contribution >= 0.6 is 0 Å². The van der Waals surface area contributed by atoms with E-state index in [0.29, 0.717) is 19.3 Å². The molecule has 2 atom stereocenters. The molecule has 2 N–H and O–H groups in total. The van der Waals surface area contributed by atoms with E-state index in [1.807, 2.05) is 0 Å². The molecule has 0 rings (SSSR count). The molecule has 158 valence electrons. The van der Waals surface area contributed by atoms with E-state index in [2.05, 4.69) is 13.8 Å². The number of hydrogen-bond acceptors (Lipinski definition) is 3. The summed E-state index contributed by atoms with van der Waals surface area (Å²) in [5, 5.41) is 9.39. The van der Waals surface area contributed by atoms with E-state index in [0.717, 1.165) is 38.5 Å². The predicted octanol–water partition coefficient (Wildman–Crippen LogP) is 6.28. The molecule has 0 aromatic rings. The van der Waals surface area contributed by atoms with Gasteiger partial charge in [0.15, 0.2) is 0 Å². The maximum absolute atomic E-state index is 11.6. The van der Waals surface area contributed by atoms with Gasteiger partial charge in [0.05, 0.1) is 11.4 Å². The Balaban J connectivity index is 3.87. The summed E-state index contributed by atoms with van der Waals surface area (Å²) in [6.07, 6.45) is 16.7. The van der Waals surface area contributed by atoms with Gasteiger partial charge in [0.2, 0.25) is 0 Å². The van der Waals surface area contributed by atoms with Crippen molar-refractivity contribution in [1.82, 2.24) is 0 Å². The highest BCUT2D eigenvalue weighted by molar-refractivity contribution is 7.86. The zero-order chi connectivity index (χ0) is 19.7. The third kappa shape index (κ3) is 16.1. The monoisotopic (exact) mass is 392 g/mol. The average molecular weight is 393 g/mol. The van der Waals surface area contributed by atoms with E-state index in [4.69, 9.17) is 0 Å². The number of aliphatic hydroxyl groups is 1. The molecule has 0 bridgehead atoms.